The summed E-state index contributed by atoms with van der Waals surface area (Å²) in [4.78, 5) is 19.7. The molecule has 0 aliphatic carbocycles. The van der Waals surface area contributed by atoms with E-state index in [1.54, 1.807) is 0 Å². The fraction of sp³-hybridized carbons (Fsp3) is 0.458. The molecule has 2 N–H and O–H groups in total. The molecule has 0 aromatic heterocycles. The van der Waals surface area contributed by atoms with Gasteiger partial charge in [0.15, 0.2) is 0 Å². The first-order chi connectivity index (χ1) is 14.6. The number of benzene rings is 2. The van der Waals surface area contributed by atoms with Crippen LogP contribution in [-0.2, 0) is 17.8 Å². The van der Waals surface area contributed by atoms with Crippen molar-refractivity contribution >= 4 is 23.2 Å². The lowest BCUT2D eigenvalue weighted by Gasteiger charge is -2.38. The van der Waals surface area contributed by atoms with Gasteiger partial charge in [-0.3, -0.25) is 9.69 Å². The summed E-state index contributed by atoms with van der Waals surface area (Å²) >= 11 is 5.94. The summed E-state index contributed by atoms with van der Waals surface area (Å²) in [7, 11) is 0. The normalized spacial score (nSPS) is 18.6. The molecular weight excluding hydrogens is 396 g/mol. The number of likely N-dealkylation sites (tertiary alicyclic amines) is 1. The molecule has 160 valence electrons. The predicted molar refractivity (Wildman–Crippen MR) is 123 cm³/mol. The van der Waals surface area contributed by atoms with Gasteiger partial charge in [-0.15, -0.1) is 0 Å². The Hall–Kier alpha value is -2.08. The minimum atomic E-state index is -0.514. The standard InChI is InChI=1S/C24H31ClN4O/c25-21-9-7-19(8-10-21)17-22(26)24(30)29-15-13-28(14-16-29)23-6-2-1-5-20(23)18-27-11-3-4-12-27/h1-2,5-10,22H,3-4,11-18,26H2. The zero-order valence-corrected chi connectivity index (χ0v) is 18.2. The lowest BCUT2D eigenvalue weighted by molar-refractivity contribution is -0.132. The van der Waals surface area contributed by atoms with Crippen molar-refractivity contribution in [2.75, 3.05) is 44.2 Å². The Labute approximate surface area is 184 Å². The Morgan fingerprint density at radius 3 is 2.30 bits per heavy atom. The second-order valence-electron chi connectivity index (χ2n) is 8.36. The number of nitrogens with zero attached hydrogens (tertiary/aromatic N) is 3. The number of anilines is 1. The lowest BCUT2D eigenvalue weighted by Crippen LogP contribution is -2.53. The Morgan fingerprint density at radius 1 is 0.933 bits per heavy atom. The molecule has 2 fully saturated rings. The van der Waals surface area contributed by atoms with Crippen LogP contribution in [0, 0.1) is 0 Å². The monoisotopic (exact) mass is 426 g/mol. The molecule has 0 spiro atoms. The van der Waals surface area contributed by atoms with E-state index < -0.39 is 6.04 Å². The molecule has 2 aromatic carbocycles. The van der Waals surface area contributed by atoms with Crippen LogP contribution >= 0.6 is 11.6 Å². The molecule has 0 bridgehead atoms. The highest BCUT2D eigenvalue weighted by molar-refractivity contribution is 6.30. The molecular formula is C24H31ClN4O. The molecule has 30 heavy (non-hydrogen) atoms. The second-order valence-corrected chi connectivity index (χ2v) is 8.80. The van der Waals surface area contributed by atoms with E-state index in [2.05, 4.69) is 34.1 Å². The van der Waals surface area contributed by atoms with Crippen molar-refractivity contribution in [2.45, 2.75) is 31.8 Å². The molecule has 2 heterocycles. The first kappa shape index (κ1) is 21.2. The summed E-state index contributed by atoms with van der Waals surface area (Å²) in [6.07, 6.45) is 3.15. The summed E-state index contributed by atoms with van der Waals surface area (Å²) in [6.45, 7) is 6.52. The number of carbonyl (C=O) groups excluding carboxylic acids is 1. The van der Waals surface area contributed by atoms with Crippen LogP contribution in [0.3, 0.4) is 0 Å². The van der Waals surface area contributed by atoms with E-state index in [1.807, 2.05) is 29.2 Å². The van der Waals surface area contributed by atoms with Gasteiger partial charge in [-0.25, -0.2) is 0 Å². The van der Waals surface area contributed by atoms with E-state index in [0.29, 0.717) is 24.5 Å². The van der Waals surface area contributed by atoms with Crippen LogP contribution < -0.4 is 10.6 Å². The number of para-hydroxylation sites is 1. The number of amides is 1. The van der Waals surface area contributed by atoms with Crippen molar-refractivity contribution in [3.63, 3.8) is 0 Å². The SMILES string of the molecule is NC(Cc1ccc(Cl)cc1)C(=O)N1CCN(c2ccccc2CN2CCCC2)CC1. The van der Waals surface area contributed by atoms with Gasteiger partial charge < -0.3 is 15.5 Å². The quantitative estimate of drug-likeness (QED) is 0.770. The molecule has 1 amide bonds. The highest BCUT2D eigenvalue weighted by atomic mass is 35.5. The van der Waals surface area contributed by atoms with Crippen LogP contribution in [-0.4, -0.2) is 61.0 Å². The maximum absolute atomic E-state index is 12.9. The highest BCUT2D eigenvalue weighted by Crippen LogP contribution is 2.25. The van der Waals surface area contributed by atoms with Crippen LogP contribution in [0.15, 0.2) is 48.5 Å². The fourth-order valence-electron chi connectivity index (χ4n) is 4.50. The number of hydrogen-bond acceptors (Lipinski definition) is 4. The third-order valence-corrected chi connectivity index (χ3v) is 6.45. The molecule has 0 radical (unpaired) electrons. The molecule has 2 saturated heterocycles. The van der Waals surface area contributed by atoms with Gasteiger partial charge >= 0.3 is 0 Å². The third-order valence-electron chi connectivity index (χ3n) is 6.20. The fourth-order valence-corrected chi connectivity index (χ4v) is 4.62. The highest BCUT2D eigenvalue weighted by Gasteiger charge is 2.26. The molecule has 4 rings (SSSR count). The summed E-state index contributed by atoms with van der Waals surface area (Å²) < 4.78 is 0. The Balaban J connectivity index is 1.33. The predicted octanol–water partition coefficient (Wildman–Crippen LogP) is 3.15. The van der Waals surface area contributed by atoms with Gasteiger partial charge in [0, 0.05) is 43.4 Å². The van der Waals surface area contributed by atoms with E-state index >= 15 is 0 Å². The van der Waals surface area contributed by atoms with Gasteiger partial charge in [0.05, 0.1) is 6.04 Å². The van der Waals surface area contributed by atoms with Crippen molar-refractivity contribution in [3.8, 4) is 0 Å². The first-order valence-electron chi connectivity index (χ1n) is 10.9. The number of piperazine rings is 1. The van der Waals surface area contributed by atoms with Gasteiger partial charge in [-0.05, 0) is 61.7 Å². The molecule has 5 nitrogen and oxygen atoms in total. The summed E-state index contributed by atoms with van der Waals surface area (Å²) in [5.41, 5.74) is 9.97. The van der Waals surface area contributed by atoms with Crippen molar-refractivity contribution in [1.82, 2.24) is 9.80 Å². The summed E-state index contributed by atoms with van der Waals surface area (Å²) in [6, 6.07) is 15.7. The van der Waals surface area contributed by atoms with Crippen LogP contribution in [0.4, 0.5) is 5.69 Å². The van der Waals surface area contributed by atoms with Crippen molar-refractivity contribution in [1.29, 1.82) is 0 Å². The summed E-state index contributed by atoms with van der Waals surface area (Å²) in [5, 5.41) is 0.694. The van der Waals surface area contributed by atoms with Crippen molar-refractivity contribution < 1.29 is 4.79 Å². The Morgan fingerprint density at radius 2 is 1.60 bits per heavy atom. The van der Waals surface area contributed by atoms with Gasteiger partial charge in [0.1, 0.15) is 0 Å². The summed E-state index contributed by atoms with van der Waals surface area (Å²) in [5.74, 6) is 0.0370. The van der Waals surface area contributed by atoms with Crippen LogP contribution in [0.25, 0.3) is 0 Å². The third kappa shape index (κ3) is 5.15. The maximum atomic E-state index is 12.9. The van der Waals surface area contributed by atoms with Gasteiger partial charge in [-0.2, -0.15) is 0 Å². The number of nitrogens with two attached hydrogens (primary N) is 1. The van der Waals surface area contributed by atoms with E-state index in [-0.39, 0.29) is 5.91 Å². The van der Waals surface area contributed by atoms with E-state index in [1.165, 1.54) is 37.2 Å². The van der Waals surface area contributed by atoms with E-state index in [4.69, 9.17) is 17.3 Å². The Bertz CT molecular complexity index is 843. The van der Waals surface area contributed by atoms with Crippen molar-refractivity contribution in [3.05, 3.63) is 64.7 Å². The molecule has 6 heteroatoms. The van der Waals surface area contributed by atoms with E-state index in [0.717, 1.165) is 25.2 Å². The van der Waals surface area contributed by atoms with Crippen LogP contribution in [0.2, 0.25) is 5.02 Å². The molecule has 1 unspecified atom stereocenters. The van der Waals surface area contributed by atoms with Gasteiger partial charge in [0.25, 0.3) is 0 Å². The average Bonchev–Trinajstić information content (AvgIpc) is 3.28. The number of halogens is 1. The van der Waals surface area contributed by atoms with E-state index in [9.17, 15) is 4.79 Å². The zero-order valence-electron chi connectivity index (χ0n) is 17.5. The molecule has 2 aliphatic heterocycles. The lowest BCUT2D eigenvalue weighted by atomic mass is 10.0. The smallest absolute Gasteiger partial charge is 0.239 e. The number of hydrogen-bond donors (Lipinski definition) is 1. The first-order valence-corrected chi connectivity index (χ1v) is 11.3. The molecule has 2 aliphatic rings. The molecule has 0 saturated carbocycles. The topological polar surface area (TPSA) is 52.8 Å². The number of rotatable bonds is 6. The van der Waals surface area contributed by atoms with Crippen molar-refractivity contribution in [2.24, 2.45) is 5.73 Å². The minimum absolute atomic E-state index is 0.0370. The zero-order chi connectivity index (χ0) is 20.9. The number of carbonyl (C=O) groups is 1. The van der Waals surface area contributed by atoms with Crippen LogP contribution in [0.5, 0.6) is 0 Å². The molecule has 2 aromatic rings. The van der Waals surface area contributed by atoms with Gasteiger partial charge in [0.2, 0.25) is 5.91 Å². The molecule has 1 atom stereocenters. The average molecular weight is 427 g/mol. The van der Waals surface area contributed by atoms with Crippen LogP contribution in [0.1, 0.15) is 24.0 Å². The second kappa shape index (κ2) is 9.82. The van der Waals surface area contributed by atoms with Gasteiger partial charge in [-0.1, -0.05) is 41.9 Å². The minimum Gasteiger partial charge on any atom is -0.368 e. The Kier molecular flexibility index (Phi) is 6.93. The largest absolute Gasteiger partial charge is 0.368 e. The maximum Gasteiger partial charge on any atom is 0.239 e.